The maximum atomic E-state index is 12.9. The molecule has 3 heteroatoms. The molecule has 0 radical (unpaired) electrons. The van der Waals surface area contributed by atoms with E-state index in [2.05, 4.69) is 44.5 Å². The molecule has 0 aromatic heterocycles. The van der Waals surface area contributed by atoms with E-state index in [1.54, 1.807) is 0 Å². The second kappa shape index (κ2) is 8.46. The van der Waals surface area contributed by atoms with Crippen LogP contribution in [0, 0.1) is 23.7 Å². The van der Waals surface area contributed by atoms with E-state index < -0.39 is 0 Å². The number of rotatable bonds is 8. The van der Waals surface area contributed by atoms with Gasteiger partial charge in [0.2, 0.25) is 5.91 Å². The van der Waals surface area contributed by atoms with Crippen LogP contribution in [0.15, 0.2) is 41.4 Å². The molecular weight excluding hydrogens is 296 g/mol. The molecule has 2 rings (SSSR count). The minimum absolute atomic E-state index is 0.0235. The Morgan fingerprint density at radius 3 is 2.88 bits per heavy atom. The molecular formula is C21H32N2O. The summed E-state index contributed by atoms with van der Waals surface area (Å²) in [5.41, 5.74) is 1.43. The van der Waals surface area contributed by atoms with Crippen LogP contribution in [-0.4, -0.2) is 29.7 Å². The van der Waals surface area contributed by atoms with Crippen LogP contribution in [0.5, 0.6) is 0 Å². The fourth-order valence-electron chi connectivity index (χ4n) is 3.49. The van der Waals surface area contributed by atoms with E-state index in [-0.39, 0.29) is 18.0 Å². The van der Waals surface area contributed by atoms with E-state index in [0.717, 1.165) is 19.4 Å². The Balaban J connectivity index is 1.92. The van der Waals surface area contributed by atoms with Crippen molar-refractivity contribution in [3.63, 3.8) is 0 Å². The van der Waals surface area contributed by atoms with Gasteiger partial charge in [-0.2, -0.15) is 0 Å². The highest BCUT2D eigenvalue weighted by molar-refractivity contribution is 5.95. The molecule has 0 saturated heterocycles. The third kappa shape index (κ3) is 4.68. The molecule has 4 atom stereocenters. The molecule has 4 unspecified atom stereocenters. The normalized spacial score (nSPS) is 30.5. The minimum atomic E-state index is -0.0594. The van der Waals surface area contributed by atoms with Crippen molar-refractivity contribution in [1.82, 2.24) is 4.90 Å². The first kappa shape index (κ1) is 18.7. The number of hydrogen-bond acceptors (Lipinski definition) is 2. The molecule has 0 aromatic rings. The lowest BCUT2D eigenvalue weighted by Crippen LogP contribution is -2.46. The predicted molar refractivity (Wildman–Crippen MR) is 102 cm³/mol. The smallest absolute Gasteiger partial charge is 0.232 e. The highest BCUT2D eigenvalue weighted by Gasteiger charge is 2.40. The van der Waals surface area contributed by atoms with Gasteiger partial charge in [-0.05, 0) is 50.9 Å². The molecule has 24 heavy (non-hydrogen) atoms. The largest absolute Gasteiger partial charge is 0.320 e. The Hall–Kier alpha value is -1.64. The van der Waals surface area contributed by atoms with Gasteiger partial charge in [0.1, 0.15) is 6.17 Å². The van der Waals surface area contributed by atoms with Crippen molar-refractivity contribution in [3.8, 4) is 0 Å². The molecule has 132 valence electrons. The van der Waals surface area contributed by atoms with Crippen LogP contribution in [0.25, 0.3) is 0 Å². The van der Waals surface area contributed by atoms with Crippen molar-refractivity contribution in [2.24, 2.45) is 28.7 Å². The maximum absolute atomic E-state index is 12.9. The van der Waals surface area contributed by atoms with Crippen LogP contribution < -0.4 is 0 Å². The van der Waals surface area contributed by atoms with Gasteiger partial charge in [0.15, 0.2) is 0 Å². The van der Waals surface area contributed by atoms with Crippen LogP contribution in [-0.2, 0) is 4.79 Å². The van der Waals surface area contributed by atoms with Crippen molar-refractivity contribution >= 4 is 12.1 Å². The zero-order chi connectivity index (χ0) is 17.7. The van der Waals surface area contributed by atoms with Gasteiger partial charge in [-0.15, -0.1) is 0 Å². The van der Waals surface area contributed by atoms with Gasteiger partial charge in [0.05, 0.1) is 5.92 Å². The lowest BCUT2D eigenvalue weighted by molar-refractivity contribution is -0.136. The van der Waals surface area contributed by atoms with Gasteiger partial charge < -0.3 is 4.90 Å². The van der Waals surface area contributed by atoms with Gasteiger partial charge in [-0.1, -0.05) is 50.3 Å². The van der Waals surface area contributed by atoms with E-state index in [1.807, 2.05) is 30.2 Å². The summed E-state index contributed by atoms with van der Waals surface area (Å²) in [5, 5.41) is 0. The average Bonchev–Trinajstić information content (AvgIpc) is 3.29. The summed E-state index contributed by atoms with van der Waals surface area (Å²) < 4.78 is 0. The summed E-state index contributed by atoms with van der Waals surface area (Å²) >= 11 is 0. The first-order valence-electron chi connectivity index (χ1n) is 9.26. The average molecular weight is 328 g/mol. The molecule has 1 amide bonds. The standard InChI is InChI=1S/C21H32N2O/c1-6-8-9-18-12-20(18)14-23-16(5)22-13-19(21(23)24)11-10-17(7-2)15(3)4/h6-9,13,15-16,18-20H,1,10-12,14H2,2-5H3. The fourth-order valence-corrected chi connectivity index (χ4v) is 3.49. The summed E-state index contributed by atoms with van der Waals surface area (Å²) in [7, 11) is 0. The van der Waals surface area contributed by atoms with Gasteiger partial charge >= 0.3 is 0 Å². The summed E-state index contributed by atoms with van der Waals surface area (Å²) in [4.78, 5) is 19.4. The zero-order valence-corrected chi connectivity index (χ0v) is 15.6. The quantitative estimate of drug-likeness (QED) is 0.472. The van der Waals surface area contributed by atoms with Gasteiger partial charge in [0.25, 0.3) is 0 Å². The molecule has 1 saturated carbocycles. The summed E-state index contributed by atoms with van der Waals surface area (Å²) in [6.07, 6.45) is 13.1. The Bertz CT molecular complexity index is 544. The lowest BCUT2D eigenvalue weighted by atomic mass is 9.92. The predicted octanol–water partition coefficient (Wildman–Crippen LogP) is 4.62. The van der Waals surface area contributed by atoms with Crippen molar-refractivity contribution in [2.45, 2.75) is 53.1 Å². The summed E-state index contributed by atoms with van der Waals surface area (Å²) in [6.45, 7) is 13.1. The van der Waals surface area contributed by atoms with Crippen molar-refractivity contribution < 1.29 is 4.79 Å². The third-order valence-corrected chi connectivity index (χ3v) is 5.29. The highest BCUT2D eigenvalue weighted by Crippen LogP contribution is 2.41. The molecule has 0 aromatic carbocycles. The fraction of sp³-hybridized carbons (Fsp3) is 0.619. The molecule has 2 aliphatic rings. The topological polar surface area (TPSA) is 32.7 Å². The molecule has 0 spiro atoms. The van der Waals surface area contributed by atoms with E-state index in [0.29, 0.717) is 17.8 Å². The Morgan fingerprint density at radius 1 is 1.50 bits per heavy atom. The highest BCUT2D eigenvalue weighted by atomic mass is 16.2. The van der Waals surface area contributed by atoms with Crippen molar-refractivity contribution in [1.29, 1.82) is 0 Å². The van der Waals surface area contributed by atoms with E-state index in [1.165, 1.54) is 12.0 Å². The monoisotopic (exact) mass is 328 g/mol. The zero-order valence-electron chi connectivity index (χ0n) is 15.6. The van der Waals surface area contributed by atoms with E-state index in [4.69, 9.17) is 0 Å². The Kier molecular flexibility index (Phi) is 6.59. The third-order valence-electron chi connectivity index (χ3n) is 5.29. The number of nitrogens with zero attached hydrogens (tertiary/aromatic N) is 2. The van der Waals surface area contributed by atoms with E-state index in [9.17, 15) is 4.79 Å². The molecule has 1 aliphatic carbocycles. The van der Waals surface area contributed by atoms with Crippen molar-refractivity contribution in [2.75, 3.05) is 6.54 Å². The lowest BCUT2D eigenvalue weighted by Gasteiger charge is -2.33. The van der Waals surface area contributed by atoms with Gasteiger partial charge in [-0.25, -0.2) is 0 Å². The minimum Gasteiger partial charge on any atom is -0.320 e. The van der Waals surface area contributed by atoms with Gasteiger partial charge in [0, 0.05) is 12.8 Å². The number of hydrogen-bond donors (Lipinski definition) is 0. The Morgan fingerprint density at radius 2 is 2.25 bits per heavy atom. The van der Waals surface area contributed by atoms with Crippen molar-refractivity contribution in [3.05, 3.63) is 36.5 Å². The van der Waals surface area contributed by atoms with Crippen LogP contribution in [0.1, 0.15) is 47.0 Å². The molecule has 1 fully saturated rings. The number of aliphatic imine (C=N–C) groups is 1. The van der Waals surface area contributed by atoms with Crippen LogP contribution in [0.4, 0.5) is 0 Å². The molecule has 3 nitrogen and oxygen atoms in total. The first-order chi connectivity index (χ1) is 11.5. The number of carbonyl (C=O) groups is 1. The van der Waals surface area contributed by atoms with Crippen LogP contribution in [0.2, 0.25) is 0 Å². The van der Waals surface area contributed by atoms with E-state index >= 15 is 0 Å². The second-order valence-electron chi connectivity index (χ2n) is 7.36. The molecule has 0 bridgehead atoms. The first-order valence-corrected chi connectivity index (χ1v) is 9.26. The van der Waals surface area contributed by atoms with Crippen LogP contribution in [0.3, 0.4) is 0 Å². The number of amides is 1. The Labute approximate surface area is 147 Å². The summed E-state index contributed by atoms with van der Waals surface area (Å²) in [5.74, 6) is 1.93. The van der Waals surface area contributed by atoms with Crippen LogP contribution >= 0.6 is 0 Å². The second-order valence-corrected chi connectivity index (χ2v) is 7.36. The number of allylic oxidation sites excluding steroid dienone is 5. The van der Waals surface area contributed by atoms with Gasteiger partial charge in [-0.3, -0.25) is 9.79 Å². The SMILES string of the molecule is C=CC=CC1CC1CN1C(=O)C(CCC(=CC)C(C)C)C=NC1C. The molecule has 0 N–H and O–H groups in total. The maximum Gasteiger partial charge on any atom is 0.232 e. The summed E-state index contributed by atoms with van der Waals surface area (Å²) in [6, 6.07) is 0. The molecule has 1 heterocycles. The molecule has 1 aliphatic heterocycles. The number of carbonyl (C=O) groups excluding carboxylic acids is 1.